The number of allylic oxidation sites excluding steroid dienone is 1. The molecule has 5 rings (SSSR count). The number of aliphatic hydroxyl groups is 1. The minimum absolute atomic E-state index is 0.0859. The summed E-state index contributed by atoms with van der Waals surface area (Å²) < 4.78 is 18.5. The first kappa shape index (κ1) is 34.4. The van der Waals surface area contributed by atoms with Crippen LogP contribution in [-0.2, 0) is 28.6 Å². The van der Waals surface area contributed by atoms with Crippen LogP contribution in [0, 0.1) is 56.7 Å². The molecule has 9 heteroatoms. The van der Waals surface area contributed by atoms with Crippen molar-refractivity contribution >= 4 is 17.9 Å². The van der Waals surface area contributed by atoms with Crippen LogP contribution in [0.1, 0.15) is 100 Å². The highest BCUT2D eigenvalue weighted by molar-refractivity contribution is 5.76. The molecule has 3 saturated carbocycles. The maximum absolute atomic E-state index is 13.3. The van der Waals surface area contributed by atoms with Gasteiger partial charge < -0.3 is 30.2 Å². The van der Waals surface area contributed by atoms with E-state index in [2.05, 4.69) is 54.5 Å². The Morgan fingerprint density at radius 1 is 1.04 bits per heavy atom. The van der Waals surface area contributed by atoms with Crippen LogP contribution in [0.5, 0.6) is 0 Å². The van der Waals surface area contributed by atoms with Gasteiger partial charge in [0.15, 0.2) is 0 Å². The molecule has 0 aromatic carbocycles. The van der Waals surface area contributed by atoms with E-state index in [4.69, 9.17) is 19.9 Å². The molecule has 4 N–H and O–H groups in total. The molecule has 9 nitrogen and oxygen atoms in total. The monoisotopic (exact) mass is 631 g/mol. The number of aliphatic carboxylic acids is 1. The predicted molar refractivity (Wildman–Crippen MR) is 169 cm³/mol. The summed E-state index contributed by atoms with van der Waals surface area (Å²) in [4.78, 5) is 38.9. The number of carboxylic acids is 1. The molecular formula is C36H57NO8. The fourth-order valence-corrected chi connectivity index (χ4v) is 11.6. The number of nitrogens with two attached hydrogens (primary N) is 1. The Kier molecular flexibility index (Phi) is 8.87. The molecule has 0 spiro atoms. The second-order valence-corrected chi connectivity index (χ2v) is 16.7. The lowest BCUT2D eigenvalue weighted by atomic mass is 9.34. The Morgan fingerprint density at radius 2 is 1.73 bits per heavy atom. The third-order valence-corrected chi connectivity index (χ3v) is 14.4. The molecule has 4 aliphatic carbocycles. The van der Waals surface area contributed by atoms with Crippen molar-refractivity contribution in [1.29, 1.82) is 0 Å². The topological polar surface area (TPSA) is 145 Å². The average Bonchev–Trinajstić information content (AvgIpc) is 2.94. The first-order valence-corrected chi connectivity index (χ1v) is 17.2. The molecule has 0 amide bonds. The summed E-state index contributed by atoms with van der Waals surface area (Å²) in [5.41, 5.74) is 5.33. The number of hydrogen-bond donors (Lipinski definition) is 3. The molecule has 0 radical (unpaired) electrons. The highest BCUT2D eigenvalue weighted by atomic mass is 16.6. The number of carbonyl (C=O) groups excluding carboxylic acids is 2. The number of ether oxygens (including phenoxy) is 3. The second-order valence-electron chi connectivity index (χ2n) is 16.7. The smallest absolute Gasteiger partial charge is 0.323 e. The highest BCUT2D eigenvalue weighted by Crippen LogP contribution is 2.75. The molecule has 1 saturated heterocycles. The third-order valence-electron chi connectivity index (χ3n) is 14.4. The lowest BCUT2D eigenvalue weighted by Crippen LogP contribution is -2.70. The van der Waals surface area contributed by atoms with E-state index in [1.807, 2.05) is 0 Å². The molecule has 45 heavy (non-hydrogen) atoms. The first-order chi connectivity index (χ1) is 20.9. The van der Waals surface area contributed by atoms with Crippen LogP contribution < -0.4 is 5.73 Å². The molecule has 12 atom stereocenters. The van der Waals surface area contributed by atoms with E-state index < -0.39 is 58.3 Å². The fraction of sp³-hybridized carbons (Fsp3) is 0.861. The first-order valence-electron chi connectivity index (χ1n) is 17.2. The summed E-state index contributed by atoms with van der Waals surface area (Å²) in [6.45, 7) is 17.6. The SMILES string of the molecule is CC(=O)O[C@@H]1C[C@@]23COC[C@](C)([C@@H]2CC[C@H]2C3=CC[C@@]3(C)[C@H](C(=O)O)[C@@](C)([C@H](C)C(C)C)CC[C@]23C)[C@H]1OC(=O)C(N)CCO. The van der Waals surface area contributed by atoms with Gasteiger partial charge in [0.25, 0.3) is 0 Å². The van der Waals surface area contributed by atoms with Crippen LogP contribution in [0.2, 0.25) is 0 Å². The number of hydrogen-bond acceptors (Lipinski definition) is 8. The number of carboxylic acid groups (broad SMARTS) is 1. The van der Waals surface area contributed by atoms with E-state index in [1.54, 1.807) is 0 Å². The maximum atomic E-state index is 13.3. The van der Waals surface area contributed by atoms with Gasteiger partial charge in [-0.15, -0.1) is 0 Å². The lowest BCUT2D eigenvalue weighted by Gasteiger charge is -2.71. The van der Waals surface area contributed by atoms with Crippen molar-refractivity contribution in [3.8, 4) is 0 Å². The van der Waals surface area contributed by atoms with Crippen LogP contribution in [0.3, 0.4) is 0 Å². The number of rotatable bonds is 8. The van der Waals surface area contributed by atoms with Gasteiger partial charge in [0.1, 0.15) is 18.2 Å². The fourth-order valence-electron chi connectivity index (χ4n) is 11.6. The van der Waals surface area contributed by atoms with Crippen molar-refractivity contribution in [3.63, 3.8) is 0 Å². The molecule has 1 unspecified atom stereocenters. The predicted octanol–water partition coefficient (Wildman–Crippen LogP) is 5.13. The summed E-state index contributed by atoms with van der Waals surface area (Å²) in [6, 6.07) is -0.972. The van der Waals surface area contributed by atoms with E-state index in [0.717, 1.165) is 25.7 Å². The minimum atomic E-state index is -0.972. The zero-order valence-electron chi connectivity index (χ0n) is 28.7. The van der Waals surface area contributed by atoms with E-state index in [-0.39, 0.29) is 41.6 Å². The highest BCUT2D eigenvalue weighted by Gasteiger charge is 2.72. The van der Waals surface area contributed by atoms with Crippen molar-refractivity contribution in [2.75, 3.05) is 19.8 Å². The molecule has 0 aromatic rings. The van der Waals surface area contributed by atoms with Crippen LogP contribution >= 0.6 is 0 Å². The second kappa shape index (κ2) is 11.6. The molecular weight excluding hydrogens is 574 g/mol. The summed E-state index contributed by atoms with van der Waals surface area (Å²) in [6.07, 6.45) is 5.80. The van der Waals surface area contributed by atoms with Gasteiger partial charge in [-0.3, -0.25) is 14.4 Å². The lowest BCUT2D eigenvalue weighted by molar-refractivity contribution is -0.263. The summed E-state index contributed by atoms with van der Waals surface area (Å²) in [5.74, 6) is -1.27. The Balaban J connectivity index is 1.58. The van der Waals surface area contributed by atoms with Crippen LogP contribution in [0.4, 0.5) is 0 Å². The van der Waals surface area contributed by atoms with Crippen molar-refractivity contribution in [3.05, 3.63) is 11.6 Å². The van der Waals surface area contributed by atoms with Gasteiger partial charge in [-0.05, 0) is 84.9 Å². The van der Waals surface area contributed by atoms with E-state index >= 15 is 0 Å². The van der Waals surface area contributed by atoms with E-state index in [9.17, 15) is 24.6 Å². The normalized spacial score (nSPS) is 45.2. The zero-order valence-corrected chi connectivity index (χ0v) is 28.7. The molecule has 5 aliphatic rings. The molecule has 4 fully saturated rings. The van der Waals surface area contributed by atoms with Crippen molar-refractivity contribution < 1.29 is 38.8 Å². The quantitative estimate of drug-likeness (QED) is 0.245. The summed E-state index contributed by atoms with van der Waals surface area (Å²) >= 11 is 0. The van der Waals surface area contributed by atoms with Gasteiger partial charge in [0.05, 0.1) is 19.1 Å². The zero-order chi connectivity index (χ0) is 33.3. The molecule has 1 heterocycles. The number of fused-ring (bicyclic) bond motifs is 3. The van der Waals surface area contributed by atoms with Gasteiger partial charge in [-0.25, -0.2) is 0 Å². The standard InChI is InChI=1S/C36H57NO8/c1-20(2)21(3)32(5)14-15-34(7)23-9-10-27-33(6)18-43-19-36(27,24(23)11-13-35(34,8)28(32)30(40)41)17-26(44-22(4)39)29(33)45-31(42)25(37)12-16-38/h11,20-21,23,25-29,38H,9-10,12-19,37H2,1-8H3,(H,40,41)/t21-,23+,25?,26-,27+,28-,29+,32-,33-,34-,35+,36+/m1/s1. The maximum Gasteiger partial charge on any atom is 0.323 e. The number of carbonyl (C=O) groups is 3. The van der Waals surface area contributed by atoms with Crippen molar-refractivity contribution in [2.24, 2.45) is 62.4 Å². The minimum Gasteiger partial charge on any atom is -0.481 e. The largest absolute Gasteiger partial charge is 0.481 e. The van der Waals surface area contributed by atoms with Crippen LogP contribution in [0.25, 0.3) is 0 Å². The Morgan fingerprint density at radius 3 is 2.33 bits per heavy atom. The number of aliphatic hydroxyl groups excluding tert-OH is 1. The van der Waals surface area contributed by atoms with Crippen molar-refractivity contribution in [2.45, 2.75) is 119 Å². The summed E-state index contributed by atoms with van der Waals surface area (Å²) in [7, 11) is 0. The molecule has 254 valence electrons. The van der Waals surface area contributed by atoms with E-state index in [1.165, 1.54) is 12.5 Å². The van der Waals surface area contributed by atoms with Gasteiger partial charge >= 0.3 is 17.9 Å². The molecule has 1 aliphatic heterocycles. The van der Waals surface area contributed by atoms with Crippen molar-refractivity contribution in [1.82, 2.24) is 0 Å². The third kappa shape index (κ3) is 4.92. The van der Waals surface area contributed by atoms with Gasteiger partial charge in [0.2, 0.25) is 0 Å². The average molecular weight is 632 g/mol. The Bertz CT molecular complexity index is 1230. The van der Waals surface area contributed by atoms with Gasteiger partial charge in [-0.2, -0.15) is 0 Å². The summed E-state index contributed by atoms with van der Waals surface area (Å²) in [5, 5.41) is 20.3. The molecule has 2 bridgehead atoms. The van der Waals surface area contributed by atoms with E-state index in [0.29, 0.717) is 32.0 Å². The number of esters is 2. The Hall–Kier alpha value is -1.97. The molecule has 0 aromatic heterocycles. The van der Waals surface area contributed by atoms with Crippen LogP contribution in [0.15, 0.2) is 11.6 Å². The van der Waals surface area contributed by atoms with Gasteiger partial charge in [0, 0.05) is 24.4 Å². The Labute approximate surface area is 269 Å². The van der Waals surface area contributed by atoms with Crippen LogP contribution in [-0.4, -0.2) is 66.2 Å². The van der Waals surface area contributed by atoms with Gasteiger partial charge in [-0.1, -0.05) is 60.1 Å².